The van der Waals surface area contributed by atoms with Gasteiger partial charge in [0, 0.05) is 12.8 Å². The number of nitrogens with one attached hydrogen (secondary N) is 1. The van der Waals surface area contributed by atoms with Crippen molar-refractivity contribution in [2.45, 2.75) is 45.8 Å². The van der Waals surface area contributed by atoms with Crippen LogP contribution in [0.25, 0.3) is 0 Å². The minimum atomic E-state index is -2.25. The predicted octanol–water partition coefficient (Wildman–Crippen LogP) is 0.822. The van der Waals surface area contributed by atoms with Gasteiger partial charge in [0.15, 0.2) is 8.32 Å². The number of hydrogen-bond donors (Lipinski definition) is 2. The molecule has 0 saturated carbocycles. The lowest BCUT2D eigenvalue weighted by Crippen LogP contribution is -2.60. The molecule has 0 aliphatic carbocycles. The average Bonchev–Trinajstić information content (AvgIpc) is 2.10. The van der Waals surface area contributed by atoms with Crippen molar-refractivity contribution >= 4 is 35.2 Å². The Morgan fingerprint density at radius 1 is 1.06 bits per heavy atom. The quantitative estimate of drug-likeness (QED) is 0.485. The van der Waals surface area contributed by atoms with E-state index < -0.39 is 35.2 Å². The number of hydrogen-bond acceptors (Lipinski definition) is 5. The average molecular weight is 327 g/mol. The molecule has 110 valence electrons. The molecule has 0 aromatic rings. The van der Waals surface area contributed by atoms with Gasteiger partial charge in [0.1, 0.15) is 9.76 Å². The zero-order chi connectivity index (χ0) is 14.4. The van der Waals surface area contributed by atoms with Crippen LogP contribution in [-0.4, -0.2) is 48.0 Å². The van der Waals surface area contributed by atoms with Crippen molar-refractivity contribution < 1.29 is 12.3 Å². The van der Waals surface area contributed by atoms with E-state index in [0.29, 0.717) is 6.67 Å². The Bertz CT molecular complexity index is 250. The molecule has 0 aliphatic rings. The fraction of sp³-hybridized carbons (Fsp3) is 1.00. The van der Waals surface area contributed by atoms with Gasteiger partial charge in [-0.1, -0.05) is 6.55 Å². The van der Waals surface area contributed by atoms with E-state index in [1.54, 1.807) is 0 Å². The highest BCUT2D eigenvalue weighted by Gasteiger charge is 2.42. The van der Waals surface area contributed by atoms with Crippen molar-refractivity contribution in [2.24, 2.45) is 5.73 Å². The zero-order valence-electron chi connectivity index (χ0n) is 12.9. The molecule has 0 aliphatic heterocycles. The van der Waals surface area contributed by atoms with E-state index in [1.165, 1.54) is 0 Å². The van der Waals surface area contributed by atoms with Crippen molar-refractivity contribution in [3.05, 3.63) is 0 Å². The highest BCUT2D eigenvalue weighted by Crippen LogP contribution is 2.20. The monoisotopic (exact) mass is 326 g/mol. The van der Waals surface area contributed by atoms with Gasteiger partial charge in [-0.3, -0.25) is 0 Å². The third-order valence-corrected chi connectivity index (χ3v) is 14.8. The Morgan fingerprint density at radius 3 is 2.00 bits per heavy atom. The highest BCUT2D eigenvalue weighted by atomic mass is 28.5. The fourth-order valence-electron chi connectivity index (χ4n) is 1.94. The maximum atomic E-state index is 6.33. The first-order valence-electron chi connectivity index (χ1n) is 6.49. The largest absolute Gasteiger partial charge is 0.442 e. The van der Waals surface area contributed by atoms with Gasteiger partial charge in [0.2, 0.25) is 0 Å². The molecule has 18 heavy (non-hydrogen) atoms. The minimum absolute atomic E-state index is 0.450. The summed E-state index contributed by atoms with van der Waals surface area (Å²) in [6, 6.07) is 0. The van der Waals surface area contributed by atoms with Gasteiger partial charge >= 0.3 is 17.1 Å². The second-order valence-corrected chi connectivity index (χ2v) is 18.9. The summed E-state index contributed by atoms with van der Waals surface area (Å²) in [6.07, 6.45) is 0.721. The molecular formula is C9H30N2O3Si4. The predicted molar refractivity (Wildman–Crippen MR) is 87.2 cm³/mol. The molecule has 0 aromatic heterocycles. The van der Waals surface area contributed by atoms with E-state index in [9.17, 15) is 0 Å². The Balaban J connectivity index is 4.75. The zero-order valence-corrected chi connectivity index (χ0v) is 17.3. The Morgan fingerprint density at radius 2 is 1.61 bits per heavy atom. The molecule has 3 N–H and O–H groups in total. The molecule has 0 bridgehead atoms. The SMILES string of the molecule is C[SiH2]O[Si](C)(C)O[Si](C)(CNCN)O[Si](C)(C)C. The first kappa shape index (κ1) is 18.7. The van der Waals surface area contributed by atoms with E-state index in [2.05, 4.69) is 51.1 Å². The molecule has 1 atom stereocenters. The first-order chi connectivity index (χ1) is 8.04. The normalized spacial score (nSPS) is 17.3. The van der Waals surface area contributed by atoms with Crippen LogP contribution in [0.2, 0.25) is 45.8 Å². The summed E-state index contributed by atoms with van der Waals surface area (Å²) >= 11 is 0. The summed E-state index contributed by atoms with van der Waals surface area (Å²) in [4.78, 5) is 0. The van der Waals surface area contributed by atoms with Crippen LogP contribution in [0.1, 0.15) is 0 Å². The second kappa shape index (κ2) is 7.45. The third-order valence-electron chi connectivity index (χ3n) is 2.07. The van der Waals surface area contributed by atoms with Crippen LogP contribution < -0.4 is 11.1 Å². The standard InChI is InChI=1S/C9H30N2O3Si4/c1-15-12-17(5,6)14-18(7,9-11-8-10)13-16(2,3)4/h11H,8-10,15H2,1-7H3. The summed E-state index contributed by atoms with van der Waals surface area (Å²) in [6.45, 7) is 15.5. The first-order valence-corrected chi connectivity index (χ1v) is 17.2. The smallest absolute Gasteiger partial charge is 0.330 e. The van der Waals surface area contributed by atoms with Gasteiger partial charge in [0.05, 0.1) is 0 Å². The van der Waals surface area contributed by atoms with Gasteiger partial charge in [-0.15, -0.1) is 0 Å². The maximum absolute atomic E-state index is 6.33. The molecule has 0 aromatic carbocycles. The van der Waals surface area contributed by atoms with Crippen LogP contribution in [0.4, 0.5) is 0 Å². The lowest BCUT2D eigenvalue weighted by atomic mass is 11.1. The molecule has 0 radical (unpaired) electrons. The molecule has 5 nitrogen and oxygen atoms in total. The molecule has 9 heteroatoms. The summed E-state index contributed by atoms with van der Waals surface area (Å²) in [7, 11) is -6.38. The van der Waals surface area contributed by atoms with Gasteiger partial charge in [-0.25, -0.2) is 0 Å². The summed E-state index contributed by atoms with van der Waals surface area (Å²) < 4.78 is 18.5. The molecule has 0 amide bonds. The fourth-order valence-corrected chi connectivity index (χ4v) is 16.5. The van der Waals surface area contributed by atoms with Gasteiger partial charge in [0.25, 0.3) is 0 Å². The van der Waals surface area contributed by atoms with Crippen molar-refractivity contribution in [2.75, 3.05) is 12.8 Å². The van der Waals surface area contributed by atoms with E-state index in [1.807, 2.05) is 0 Å². The third kappa shape index (κ3) is 8.71. The molecule has 0 spiro atoms. The van der Waals surface area contributed by atoms with Gasteiger partial charge < -0.3 is 23.4 Å². The topological polar surface area (TPSA) is 65.7 Å². The van der Waals surface area contributed by atoms with Gasteiger partial charge in [-0.05, 0) is 39.3 Å². The summed E-state index contributed by atoms with van der Waals surface area (Å²) in [5, 5.41) is 3.17. The molecule has 0 rings (SSSR count). The maximum Gasteiger partial charge on any atom is 0.330 e. The summed E-state index contributed by atoms with van der Waals surface area (Å²) in [5.74, 6) is 0. The molecule has 1 unspecified atom stereocenters. The Hall–Kier alpha value is 0.668. The van der Waals surface area contributed by atoms with Crippen LogP contribution in [0.5, 0.6) is 0 Å². The highest BCUT2D eigenvalue weighted by molar-refractivity contribution is 6.87. The molecule has 0 saturated heterocycles. The Labute approximate surface area is 117 Å². The Kier molecular flexibility index (Phi) is 7.73. The van der Waals surface area contributed by atoms with E-state index in [-0.39, 0.29) is 0 Å². The van der Waals surface area contributed by atoms with Crippen molar-refractivity contribution in [3.8, 4) is 0 Å². The van der Waals surface area contributed by atoms with Crippen LogP contribution in [0, 0.1) is 0 Å². The molecule has 0 heterocycles. The number of nitrogens with two attached hydrogens (primary N) is 1. The van der Waals surface area contributed by atoms with E-state index >= 15 is 0 Å². The molecule has 0 fully saturated rings. The van der Waals surface area contributed by atoms with E-state index in [4.69, 9.17) is 18.1 Å². The van der Waals surface area contributed by atoms with Crippen molar-refractivity contribution in [3.63, 3.8) is 0 Å². The minimum Gasteiger partial charge on any atom is -0.442 e. The second-order valence-electron chi connectivity index (χ2n) is 5.91. The van der Waals surface area contributed by atoms with Crippen LogP contribution in [0.15, 0.2) is 0 Å². The summed E-state index contributed by atoms with van der Waals surface area (Å²) in [5.41, 5.74) is 5.52. The van der Waals surface area contributed by atoms with E-state index in [0.717, 1.165) is 6.17 Å². The lowest BCUT2D eigenvalue weighted by molar-refractivity contribution is 0.328. The lowest BCUT2D eigenvalue weighted by Gasteiger charge is -2.39. The van der Waals surface area contributed by atoms with Crippen LogP contribution in [-0.2, 0) is 12.3 Å². The number of rotatable bonds is 9. The van der Waals surface area contributed by atoms with Crippen molar-refractivity contribution in [1.29, 1.82) is 0 Å². The van der Waals surface area contributed by atoms with Gasteiger partial charge in [-0.2, -0.15) is 0 Å². The van der Waals surface area contributed by atoms with Crippen molar-refractivity contribution in [1.82, 2.24) is 5.32 Å². The molecular weight excluding hydrogens is 296 g/mol. The van der Waals surface area contributed by atoms with Crippen LogP contribution >= 0.6 is 0 Å². The van der Waals surface area contributed by atoms with Crippen LogP contribution in [0.3, 0.4) is 0 Å².